The van der Waals surface area contributed by atoms with Gasteiger partial charge in [-0.1, -0.05) is 18.2 Å². The van der Waals surface area contributed by atoms with Crippen molar-refractivity contribution in [1.29, 1.82) is 0 Å². The lowest BCUT2D eigenvalue weighted by Crippen LogP contribution is -2.53. The molecule has 1 aromatic carbocycles. The van der Waals surface area contributed by atoms with Gasteiger partial charge in [-0.15, -0.1) is 0 Å². The van der Waals surface area contributed by atoms with Gasteiger partial charge in [-0.2, -0.15) is 4.31 Å². The van der Waals surface area contributed by atoms with Crippen molar-refractivity contribution in [2.24, 2.45) is 0 Å². The summed E-state index contributed by atoms with van der Waals surface area (Å²) in [6.45, 7) is 4.08. The van der Waals surface area contributed by atoms with Gasteiger partial charge in [0, 0.05) is 62.7 Å². The average molecular weight is 398 g/mol. The van der Waals surface area contributed by atoms with Gasteiger partial charge in [0.1, 0.15) is 0 Å². The van der Waals surface area contributed by atoms with E-state index in [-0.39, 0.29) is 6.04 Å². The first-order chi connectivity index (χ1) is 13.6. The summed E-state index contributed by atoms with van der Waals surface area (Å²) >= 11 is 0. The molecule has 28 heavy (non-hydrogen) atoms. The van der Waals surface area contributed by atoms with Gasteiger partial charge in [0.05, 0.1) is 11.2 Å². The minimum Gasteiger partial charge on any atom is -0.366 e. The molecule has 0 radical (unpaired) electrons. The Labute approximate surface area is 165 Å². The number of benzene rings is 1. The minimum atomic E-state index is -3.57. The molecular weight excluding hydrogens is 374 g/mol. The third-order valence-electron chi connectivity index (χ3n) is 5.09. The van der Waals surface area contributed by atoms with Gasteiger partial charge in [0.15, 0.2) is 0 Å². The zero-order valence-electron chi connectivity index (χ0n) is 15.7. The fourth-order valence-electron chi connectivity index (χ4n) is 3.66. The van der Waals surface area contributed by atoms with Crippen molar-refractivity contribution < 1.29 is 8.42 Å². The monoisotopic (exact) mass is 397 g/mol. The zero-order chi connectivity index (χ0) is 19.6. The Kier molecular flexibility index (Phi) is 5.15. The summed E-state index contributed by atoms with van der Waals surface area (Å²) in [4.78, 5) is 10.7. The molecule has 8 heteroatoms. The smallest absolute Gasteiger partial charge is 0.243 e. The molecule has 1 atom stereocenters. The fourth-order valence-corrected chi connectivity index (χ4v) is 5.39. The largest absolute Gasteiger partial charge is 0.366 e. The molecule has 1 aliphatic heterocycles. The lowest BCUT2D eigenvalue weighted by atomic mass is 10.2. The van der Waals surface area contributed by atoms with Gasteiger partial charge < -0.3 is 9.47 Å². The first kappa shape index (κ1) is 18.6. The van der Waals surface area contributed by atoms with Crippen LogP contribution in [0.3, 0.4) is 0 Å². The molecule has 1 aliphatic rings. The standard InChI is InChI=1S/C20H23N5O2S/c1-17-14-24(12-13-25(17)19-6-8-21-9-7-19)28(26,27)20-5-3-2-4-18(20)15-23-11-10-22-16-23/h2-11,16-17H,12-15H2,1H3. The van der Waals surface area contributed by atoms with Crippen LogP contribution in [0.15, 0.2) is 72.4 Å². The Hall–Kier alpha value is -2.71. The number of imidazole rings is 1. The molecule has 0 N–H and O–H groups in total. The molecule has 1 unspecified atom stereocenters. The Bertz CT molecular complexity index is 1020. The van der Waals surface area contributed by atoms with Gasteiger partial charge in [0.25, 0.3) is 0 Å². The van der Waals surface area contributed by atoms with Crippen LogP contribution in [0.1, 0.15) is 12.5 Å². The molecule has 4 rings (SSSR count). The zero-order valence-corrected chi connectivity index (χ0v) is 16.5. The van der Waals surface area contributed by atoms with Crippen molar-refractivity contribution >= 4 is 15.7 Å². The number of rotatable bonds is 5. The van der Waals surface area contributed by atoms with Crippen molar-refractivity contribution in [2.45, 2.75) is 24.4 Å². The van der Waals surface area contributed by atoms with E-state index in [9.17, 15) is 8.42 Å². The van der Waals surface area contributed by atoms with E-state index in [4.69, 9.17) is 0 Å². The first-order valence-electron chi connectivity index (χ1n) is 9.26. The highest BCUT2D eigenvalue weighted by Crippen LogP contribution is 2.26. The highest BCUT2D eigenvalue weighted by molar-refractivity contribution is 7.89. The summed E-state index contributed by atoms with van der Waals surface area (Å²) in [7, 11) is -3.57. The second-order valence-corrected chi connectivity index (χ2v) is 8.86. The predicted molar refractivity (Wildman–Crippen MR) is 108 cm³/mol. The van der Waals surface area contributed by atoms with Crippen molar-refractivity contribution in [1.82, 2.24) is 18.8 Å². The topological polar surface area (TPSA) is 71.3 Å². The van der Waals surface area contributed by atoms with Crippen molar-refractivity contribution in [3.63, 3.8) is 0 Å². The number of anilines is 1. The summed E-state index contributed by atoms with van der Waals surface area (Å²) in [6.07, 6.45) is 8.74. The lowest BCUT2D eigenvalue weighted by molar-refractivity contribution is 0.342. The number of hydrogen-bond donors (Lipinski definition) is 0. The van der Waals surface area contributed by atoms with Crippen LogP contribution in [0, 0.1) is 0 Å². The quantitative estimate of drug-likeness (QED) is 0.660. The third-order valence-corrected chi connectivity index (χ3v) is 7.05. The summed E-state index contributed by atoms with van der Waals surface area (Å²) in [5.74, 6) is 0. The average Bonchev–Trinajstić information content (AvgIpc) is 3.22. The molecule has 3 aromatic rings. The van der Waals surface area contributed by atoms with E-state index < -0.39 is 10.0 Å². The molecule has 146 valence electrons. The van der Waals surface area contributed by atoms with Crippen LogP contribution < -0.4 is 4.90 Å². The Morgan fingerprint density at radius 1 is 1.04 bits per heavy atom. The van der Waals surface area contributed by atoms with Gasteiger partial charge in [-0.05, 0) is 30.7 Å². The van der Waals surface area contributed by atoms with E-state index in [1.165, 1.54) is 0 Å². The van der Waals surface area contributed by atoms with Crippen LogP contribution >= 0.6 is 0 Å². The summed E-state index contributed by atoms with van der Waals surface area (Å²) in [5.41, 5.74) is 1.84. The van der Waals surface area contributed by atoms with Crippen LogP contribution in [-0.2, 0) is 16.6 Å². The highest BCUT2D eigenvalue weighted by Gasteiger charge is 2.33. The molecule has 7 nitrogen and oxygen atoms in total. The molecule has 1 fully saturated rings. The van der Waals surface area contributed by atoms with E-state index in [0.29, 0.717) is 31.1 Å². The van der Waals surface area contributed by atoms with Crippen LogP contribution in [0.5, 0.6) is 0 Å². The van der Waals surface area contributed by atoms with E-state index in [1.54, 1.807) is 41.4 Å². The second kappa shape index (κ2) is 7.73. The lowest BCUT2D eigenvalue weighted by Gasteiger charge is -2.40. The molecule has 0 bridgehead atoms. The predicted octanol–water partition coefficient (Wildman–Crippen LogP) is 2.23. The summed E-state index contributed by atoms with van der Waals surface area (Å²) in [6, 6.07) is 11.2. The van der Waals surface area contributed by atoms with Crippen molar-refractivity contribution in [3.05, 3.63) is 73.1 Å². The summed E-state index contributed by atoms with van der Waals surface area (Å²) in [5, 5.41) is 0. The third kappa shape index (κ3) is 3.65. The van der Waals surface area contributed by atoms with Crippen molar-refractivity contribution in [2.75, 3.05) is 24.5 Å². The molecule has 3 heterocycles. The second-order valence-electron chi connectivity index (χ2n) is 6.95. The fraction of sp³-hybridized carbons (Fsp3) is 0.300. The van der Waals surface area contributed by atoms with Gasteiger partial charge in [0.2, 0.25) is 10.0 Å². The summed E-state index contributed by atoms with van der Waals surface area (Å²) < 4.78 is 30.3. The maximum atomic E-state index is 13.4. The molecule has 0 spiro atoms. The van der Waals surface area contributed by atoms with Crippen LogP contribution in [0.2, 0.25) is 0 Å². The van der Waals surface area contributed by atoms with E-state index >= 15 is 0 Å². The van der Waals surface area contributed by atoms with Crippen LogP contribution in [-0.4, -0.2) is 52.9 Å². The normalized spacial score (nSPS) is 18.3. The van der Waals surface area contributed by atoms with Gasteiger partial charge in [-0.3, -0.25) is 4.98 Å². The number of aromatic nitrogens is 3. The van der Waals surface area contributed by atoms with Crippen LogP contribution in [0.25, 0.3) is 0 Å². The first-order valence-corrected chi connectivity index (χ1v) is 10.7. The highest BCUT2D eigenvalue weighted by atomic mass is 32.2. The maximum Gasteiger partial charge on any atom is 0.243 e. The molecule has 0 amide bonds. The molecule has 2 aromatic heterocycles. The number of piperazine rings is 1. The van der Waals surface area contributed by atoms with E-state index in [2.05, 4.69) is 21.8 Å². The van der Waals surface area contributed by atoms with Crippen LogP contribution in [0.4, 0.5) is 5.69 Å². The maximum absolute atomic E-state index is 13.4. The Morgan fingerprint density at radius 2 is 1.82 bits per heavy atom. The van der Waals surface area contributed by atoms with E-state index in [0.717, 1.165) is 11.3 Å². The Balaban J connectivity index is 1.57. The van der Waals surface area contributed by atoms with Gasteiger partial charge >= 0.3 is 0 Å². The Morgan fingerprint density at radius 3 is 2.54 bits per heavy atom. The molecule has 0 saturated carbocycles. The number of pyridine rings is 1. The molecular formula is C20H23N5O2S. The SMILES string of the molecule is CC1CN(S(=O)(=O)c2ccccc2Cn2ccnc2)CCN1c1ccncc1. The number of nitrogens with zero attached hydrogens (tertiary/aromatic N) is 5. The van der Waals surface area contributed by atoms with Gasteiger partial charge in [-0.25, -0.2) is 13.4 Å². The number of hydrogen-bond acceptors (Lipinski definition) is 5. The number of sulfonamides is 1. The minimum absolute atomic E-state index is 0.0757. The molecule has 0 aliphatic carbocycles. The molecule has 1 saturated heterocycles. The van der Waals surface area contributed by atoms with Crippen molar-refractivity contribution in [3.8, 4) is 0 Å². The van der Waals surface area contributed by atoms with E-state index in [1.807, 2.05) is 35.0 Å².